The molecule has 5 heteroatoms. The number of benzene rings is 3. The van der Waals surface area contributed by atoms with Crippen molar-refractivity contribution in [3.8, 4) is 0 Å². The number of hydrogen-bond donors (Lipinski definition) is 1. The van der Waals surface area contributed by atoms with Gasteiger partial charge in [-0.3, -0.25) is 4.79 Å². The summed E-state index contributed by atoms with van der Waals surface area (Å²) in [6.45, 7) is 4.11. The van der Waals surface area contributed by atoms with Crippen molar-refractivity contribution < 1.29 is 4.79 Å². The van der Waals surface area contributed by atoms with Gasteiger partial charge in [0, 0.05) is 17.4 Å². The van der Waals surface area contributed by atoms with E-state index in [1.54, 1.807) is 0 Å². The third kappa shape index (κ3) is 5.89. The maximum Gasteiger partial charge on any atom is 0.237 e. The molecule has 0 bridgehead atoms. The van der Waals surface area contributed by atoms with Crippen LogP contribution in [0.1, 0.15) is 50.3 Å². The van der Waals surface area contributed by atoms with Crippen LogP contribution >= 0.6 is 11.8 Å². The Balaban J connectivity index is 1.43. The van der Waals surface area contributed by atoms with Crippen molar-refractivity contribution in [1.82, 2.24) is 5.32 Å². The second-order valence-electron chi connectivity index (χ2n) is 9.69. The lowest BCUT2D eigenvalue weighted by Gasteiger charge is -2.33. The summed E-state index contributed by atoms with van der Waals surface area (Å²) in [4.78, 5) is 20.4. The molecule has 1 N–H and O–H groups in total. The van der Waals surface area contributed by atoms with Crippen LogP contribution < -0.4 is 10.2 Å². The maximum absolute atomic E-state index is 13.4. The number of carbonyl (C=O) groups excluding carboxylic acids is 1. The molecule has 0 saturated heterocycles. The third-order valence-electron chi connectivity index (χ3n) is 6.75. The summed E-state index contributed by atoms with van der Waals surface area (Å²) in [5.74, 6) is 0.399. The van der Waals surface area contributed by atoms with Gasteiger partial charge in [0.2, 0.25) is 5.91 Å². The van der Waals surface area contributed by atoms with Gasteiger partial charge in [-0.2, -0.15) is 0 Å². The lowest BCUT2D eigenvalue weighted by Crippen LogP contribution is -2.39. The zero-order chi connectivity index (χ0) is 25.6. The Bertz CT molecular complexity index is 1310. The minimum Gasteiger partial charge on any atom is -0.335 e. The van der Waals surface area contributed by atoms with Crippen molar-refractivity contribution in [1.29, 1.82) is 0 Å². The number of anilines is 1. The molecular formula is C32H33N3OS. The predicted molar refractivity (Wildman–Crippen MR) is 157 cm³/mol. The van der Waals surface area contributed by atoms with E-state index < -0.39 is 0 Å². The quantitative estimate of drug-likeness (QED) is 0.378. The predicted octanol–water partition coefficient (Wildman–Crippen LogP) is 7.38. The molecule has 3 aromatic rings. The minimum absolute atomic E-state index is 0.0372. The number of thioether (sulfide) groups is 1. The van der Waals surface area contributed by atoms with Gasteiger partial charge in [-0.05, 0) is 73.6 Å². The van der Waals surface area contributed by atoms with Gasteiger partial charge in [-0.1, -0.05) is 90.6 Å². The van der Waals surface area contributed by atoms with Crippen LogP contribution in [0.5, 0.6) is 0 Å². The summed E-state index contributed by atoms with van der Waals surface area (Å²) in [5, 5.41) is 4.45. The number of rotatable bonds is 6. The van der Waals surface area contributed by atoms with Crippen molar-refractivity contribution in [2.75, 3.05) is 10.7 Å². The first kappa shape index (κ1) is 25.1. The highest BCUT2D eigenvalue weighted by atomic mass is 32.2. The number of allylic oxidation sites excluding steroid dienone is 1. The Morgan fingerprint density at radius 1 is 0.973 bits per heavy atom. The molecule has 0 saturated carbocycles. The third-order valence-corrected chi connectivity index (χ3v) is 7.62. The highest BCUT2D eigenvalue weighted by Crippen LogP contribution is 2.41. The van der Waals surface area contributed by atoms with Crippen molar-refractivity contribution in [3.05, 3.63) is 119 Å². The SMILES string of the molecule is CC(C)N(C(=O)CSC1=NC(c2ccccc2)C2=C(N1)C(=Cc1ccccc1)CCC2)c1ccccc1. The van der Waals surface area contributed by atoms with Crippen LogP contribution in [0.25, 0.3) is 6.08 Å². The molecule has 0 radical (unpaired) electrons. The van der Waals surface area contributed by atoms with Gasteiger partial charge in [-0.25, -0.2) is 4.99 Å². The van der Waals surface area contributed by atoms with Gasteiger partial charge in [0.1, 0.15) is 6.04 Å². The number of amides is 1. The fourth-order valence-corrected chi connectivity index (χ4v) is 5.84. The molecular weight excluding hydrogens is 474 g/mol. The van der Waals surface area contributed by atoms with Gasteiger partial charge < -0.3 is 10.2 Å². The first-order chi connectivity index (χ1) is 18.1. The monoisotopic (exact) mass is 507 g/mol. The number of nitrogens with one attached hydrogen (secondary N) is 1. The highest BCUT2D eigenvalue weighted by molar-refractivity contribution is 8.14. The van der Waals surface area contributed by atoms with E-state index >= 15 is 0 Å². The molecule has 1 unspecified atom stereocenters. The number of hydrogen-bond acceptors (Lipinski definition) is 4. The van der Waals surface area contributed by atoms with Crippen LogP contribution in [0, 0.1) is 0 Å². The first-order valence-electron chi connectivity index (χ1n) is 13.0. The summed E-state index contributed by atoms with van der Waals surface area (Å²) < 4.78 is 0. The van der Waals surface area contributed by atoms with E-state index in [0.717, 1.165) is 30.1 Å². The van der Waals surface area contributed by atoms with Gasteiger partial charge in [0.25, 0.3) is 0 Å². The molecule has 3 aromatic carbocycles. The number of amidine groups is 1. The van der Waals surface area contributed by atoms with Crippen LogP contribution in [-0.2, 0) is 4.79 Å². The summed E-state index contributed by atoms with van der Waals surface area (Å²) in [5.41, 5.74) is 7.14. The van der Waals surface area contributed by atoms with E-state index in [1.807, 2.05) is 47.4 Å². The molecule has 4 nitrogen and oxygen atoms in total. The number of nitrogens with zero attached hydrogens (tertiary/aromatic N) is 2. The normalized spacial score (nSPS) is 18.3. The lowest BCUT2D eigenvalue weighted by molar-refractivity contribution is -0.116. The molecule has 0 spiro atoms. The fraction of sp³-hybridized carbons (Fsp3) is 0.250. The first-order valence-corrected chi connectivity index (χ1v) is 14.0. The van der Waals surface area contributed by atoms with E-state index in [1.165, 1.54) is 39.7 Å². The van der Waals surface area contributed by atoms with Crippen LogP contribution in [0.4, 0.5) is 5.69 Å². The Morgan fingerprint density at radius 3 is 2.30 bits per heavy atom. The molecule has 1 heterocycles. The van der Waals surface area contributed by atoms with E-state index in [-0.39, 0.29) is 18.0 Å². The summed E-state index contributed by atoms with van der Waals surface area (Å²) in [6, 6.07) is 30.9. The molecule has 0 fully saturated rings. The molecule has 0 aromatic heterocycles. The fourth-order valence-electron chi connectivity index (χ4n) is 5.09. The van der Waals surface area contributed by atoms with Crippen LogP contribution in [-0.4, -0.2) is 22.9 Å². The Hall–Kier alpha value is -3.57. The molecule has 1 amide bonds. The second-order valence-corrected chi connectivity index (χ2v) is 10.7. The van der Waals surface area contributed by atoms with Crippen molar-refractivity contribution in [2.45, 2.75) is 45.2 Å². The van der Waals surface area contributed by atoms with Crippen molar-refractivity contribution in [2.24, 2.45) is 4.99 Å². The van der Waals surface area contributed by atoms with Gasteiger partial charge >= 0.3 is 0 Å². The standard InChI is InChI=1S/C32H33N3OS/c1-23(2)35(27-18-10-5-11-19-27)29(36)22-37-32-33-30(25-15-8-4-9-16-25)28-20-12-17-26(31(28)34-32)21-24-13-6-3-7-14-24/h3-11,13-16,18-19,21,23,30H,12,17,20,22H2,1-2H3,(H,33,34). The van der Waals surface area contributed by atoms with Gasteiger partial charge in [-0.15, -0.1) is 0 Å². The smallest absolute Gasteiger partial charge is 0.237 e. The lowest BCUT2D eigenvalue weighted by atomic mass is 9.84. The van der Waals surface area contributed by atoms with Crippen LogP contribution in [0.2, 0.25) is 0 Å². The molecule has 1 aliphatic heterocycles. The van der Waals surface area contributed by atoms with Gasteiger partial charge in [0.05, 0.1) is 5.75 Å². The molecule has 188 valence electrons. The number of para-hydroxylation sites is 1. The molecule has 1 aliphatic carbocycles. The Morgan fingerprint density at radius 2 is 1.62 bits per heavy atom. The van der Waals surface area contributed by atoms with E-state index in [2.05, 4.69) is 73.8 Å². The van der Waals surface area contributed by atoms with Crippen LogP contribution in [0.15, 0.2) is 113 Å². The largest absolute Gasteiger partial charge is 0.335 e. The average molecular weight is 508 g/mol. The van der Waals surface area contributed by atoms with E-state index in [0.29, 0.717) is 5.75 Å². The highest BCUT2D eigenvalue weighted by Gasteiger charge is 2.30. The Kier molecular flexibility index (Phi) is 7.90. The molecule has 5 rings (SSSR count). The summed E-state index contributed by atoms with van der Waals surface area (Å²) in [7, 11) is 0. The topological polar surface area (TPSA) is 44.7 Å². The maximum atomic E-state index is 13.4. The molecule has 2 aliphatic rings. The molecule has 1 atom stereocenters. The second kappa shape index (κ2) is 11.7. The molecule has 37 heavy (non-hydrogen) atoms. The summed E-state index contributed by atoms with van der Waals surface area (Å²) >= 11 is 1.49. The Labute approximate surface area is 224 Å². The zero-order valence-electron chi connectivity index (χ0n) is 21.4. The van der Waals surface area contributed by atoms with E-state index in [9.17, 15) is 4.79 Å². The number of carbonyl (C=O) groups is 1. The minimum atomic E-state index is -0.0372. The average Bonchev–Trinajstić information content (AvgIpc) is 2.93. The van der Waals surface area contributed by atoms with Crippen molar-refractivity contribution >= 4 is 34.6 Å². The van der Waals surface area contributed by atoms with Gasteiger partial charge in [0.15, 0.2) is 5.17 Å². The number of aliphatic imine (C=N–C) groups is 1. The van der Waals surface area contributed by atoms with E-state index in [4.69, 9.17) is 4.99 Å². The zero-order valence-corrected chi connectivity index (χ0v) is 22.2. The van der Waals surface area contributed by atoms with Crippen LogP contribution in [0.3, 0.4) is 0 Å². The summed E-state index contributed by atoms with van der Waals surface area (Å²) in [6.07, 6.45) is 5.44. The van der Waals surface area contributed by atoms with Crippen molar-refractivity contribution in [3.63, 3.8) is 0 Å².